The molecule has 1 aromatic heterocycles. The quantitative estimate of drug-likeness (QED) is 0.0545. The Morgan fingerprint density at radius 2 is 0.707 bits per heavy atom. The number of fused-ring (bicyclic) bond motifs is 2. The lowest BCUT2D eigenvalue weighted by molar-refractivity contribution is 0.442. The highest BCUT2D eigenvalue weighted by atomic mass is 32.2. The fraction of sp³-hybridized carbons (Fsp3) is 0.432. The molecule has 0 saturated carbocycles. The summed E-state index contributed by atoms with van der Waals surface area (Å²) in [6, 6.07) is 55.3. The van der Waals surface area contributed by atoms with Crippen LogP contribution in [0, 0.1) is 5.92 Å². The fourth-order valence-electron chi connectivity index (χ4n) is 12.2. The second-order valence-electron chi connectivity index (χ2n) is 26.5. The number of benzene rings is 7. The first-order chi connectivity index (χ1) is 39.3. The first kappa shape index (κ1) is 60.1. The molecule has 1 aliphatic heterocycles. The van der Waals surface area contributed by atoms with E-state index in [4.69, 9.17) is 14.9 Å². The predicted molar refractivity (Wildman–Crippen MR) is 357 cm³/mol. The molecule has 2 heterocycles. The lowest BCUT2D eigenvalue weighted by atomic mass is 9.80. The molecule has 8 heteroatoms. The smallest absolute Gasteiger partial charge is 0.123 e. The molecule has 1 aliphatic rings. The number of hydrogen-bond acceptors (Lipinski definition) is 6. The van der Waals surface area contributed by atoms with E-state index in [1.165, 1.54) is 111 Å². The van der Waals surface area contributed by atoms with Crippen LogP contribution in [-0.4, -0.2) is 15.0 Å². The van der Waals surface area contributed by atoms with E-state index in [9.17, 15) is 0 Å². The molecule has 0 bridgehead atoms. The van der Waals surface area contributed by atoms with E-state index in [2.05, 4.69) is 257 Å². The van der Waals surface area contributed by atoms with E-state index < -0.39 is 0 Å². The Hall–Kier alpha value is -6.51. The number of aromatic nitrogens is 3. The van der Waals surface area contributed by atoms with Crippen LogP contribution in [0.1, 0.15) is 196 Å². The molecule has 0 fully saturated rings. The van der Waals surface area contributed by atoms with Crippen molar-refractivity contribution in [2.75, 3.05) is 14.5 Å². The van der Waals surface area contributed by atoms with Crippen molar-refractivity contribution in [2.24, 2.45) is 5.92 Å². The van der Waals surface area contributed by atoms with Gasteiger partial charge in [0.05, 0.1) is 6.54 Å². The number of unbranched alkanes of at least 4 members (excludes halogenated alkanes) is 4. The van der Waals surface area contributed by atoms with Crippen LogP contribution in [0.2, 0.25) is 0 Å². The van der Waals surface area contributed by atoms with Gasteiger partial charge in [0.25, 0.3) is 0 Å². The zero-order chi connectivity index (χ0) is 58.4. The summed E-state index contributed by atoms with van der Waals surface area (Å²) < 4.78 is 8.79. The summed E-state index contributed by atoms with van der Waals surface area (Å²) in [5, 5.41) is 10.7. The van der Waals surface area contributed by atoms with Crippen molar-refractivity contribution < 1.29 is 0 Å². The Bertz CT molecular complexity index is 3000. The van der Waals surface area contributed by atoms with Crippen LogP contribution < -0.4 is 14.5 Å². The van der Waals surface area contributed by atoms with E-state index in [1.807, 2.05) is 4.80 Å². The number of hydrogen-bond donors (Lipinski definition) is 1. The van der Waals surface area contributed by atoms with Crippen LogP contribution in [0.25, 0.3) is 38.0 Å². The molecule has 7 nitrogen and oxygen atoms in total. The number of anilines is 7. The Kier molecular flexibility index (Phi) is 18.7. The zero-order valence-electron chi connectivity index (χ0n) is 52.2. The van der Waals surface area contributed by atoms with E-state index in [0.717, 1.165) is 78.8 Å². The number of nitrogens with one attached hydrogen (secondary N) is 1. The Morgan fingerprint density at radius 1 is 0.427 bits per heavy atom. The maximum Gasteiger partial charge on any atom is 0.123 e. The largest absolute Gasteiger partial charge is 0.611 e. The van der Waals surface area contributed by atoms with Crippen molar-refractivity contribution >= 4 is 68.7 Å². The number of nitrogens with zero attached hydrogens (tertiary/aromatic N) is 6. The summed E-state index contributed by atoms with van der Waals surface area (Å²) in [4.78, 5) is 6.71. The second-order valence-corrected chi connectivity index (χ2v) is 27.1. The average Bonchev–Trinajstić information content (AvgIpc) is 3.74. The SMILES string of the molecule is CCCCC(C)(C)c1ccc(N(c2ccc(-c3c4c(c(-c5ccc(N(c6ccc(C(C)(C)CCCC)cc6)c6ccc(C(C)(C)CCCC)cc6)cc5)c5nn(CC(C)C)nc35)NS[N-]4)cc2)c2ccc(C(C)(C)CCCC)cc2)cc1. The zero-order valence-corrected chi connectivity index (χ0v) is 53.0. The van der Waals surface area contributed by atoms with Crippen molar-refractivity contribution in [3.8, 4) is 22.3 Å². The molecule has 7 aromatic carbocycles. The van der Waals surface area contributed by atoms with Crippen molar-refractivity contribution in [3.05, 3.63) is 173 Å². The third-order valence-corrected chi connectivity index (χ3v) is 18.3. The molecule has 8 aromatic rings. The molecule has 0 saturated heterocycles. The van der Waals surface area contributed by atoms with Gasteiger partial charge in [0.15, 0.2) is 0 Å². The fourth-order valence-corrected chi connectivity index (χ4v) is 12.8. The lowest BCUT2D eigenvalue weighted by Gasteiger charge is -2.30. The molecule has 1 N–H and O–H groups in total. The Morgan fingerprint density at radius 3 is 1.00 bits per heavy atom. The minimum atomic E-state index is 0.102. The third-order valence-electron chi connectivity index (χ3n) is 17.7. The van der Waals surface area contributed by atoms with Crippen LogP contribution in [-0.2, 0) is 28.2 Å². The molecule has 9 rings (SSSR count). The minimum Gasteiger partial charge on any atom is -0.611 e. The van der Waals surface area contributed by atoms with Crippen LogP contribution in [0.4, 0.5) is 45.5 Å². The molecule has 0 amide bonds. The Labute approximate surface area is 498 Å². The van der Waals surface area contributed by atoms with Crippen molar-refractivity contribution in [3.63, 3.8) is 0 Å². The van der Waals surface area contributed by atoms with Crippen molar-refractivity contribution in [1.29, 1.82) is 0 Å². The molecular weight excluding hydrogens is 1020 g/mol. The minimum absolute atomic E-state index is 0.102. The van der Waals surface area contributed by atoms with Crippen LogP contribution in [0.3, 0.4) is 0 Å². The van der Waals surface area contributed by atoms with E-state index in [0.29, 0.717) is 12.5 Å². The highest BCUT2D eigenvalue weighted by molar-refractivity contribution is 8.04. The molecule has 0 aliphatic carbocycles. The highest BCUT2D eigenvalue weighted by Crippen LogP contribution is 2.57. The highest BCUT2D eigenvalue weighted by Gasteiger charge is 2.28. The van der Waals surface area contributed by atoms with Crippen molar-refractivity contribution in [2.45, 2.75) is 202 Å². The van der Waals surface area contributed by atoms with Gasteiger partial charge in [-0.2, -0.15) is 27.1 Å². The molecule has 0 radical (unpaired) electrons. The summed E-state index contributed by atoms with van der Waals surface area (Å²) in [5.74, 6) is 0.357. The lowest BCUT2D eigenvalue weighted by Crippen LogP contribution is -2.18. The van der Waals surface area contributed by atoms with Gasteiger partial charge in [-0.25, -0.2) is 0 Å². The molecular formula is C74H94N7S-. The van der Waals surface area contributed by atoms with Gasteiger partial charge in [0.1, 0.15) is 11.0 Å². The van der Waals surface area contributed by atoms with Crippen LogP contribution in [0.15, 0.2) is 146 Å². The first-order valence-corrected chi connectivity index (χ1v) is 31.9. The number of rotatable bonds is 26. The van der Waals surface area contributed by atoms with Gasteiger partial charge in [-0.3, -0.25) is 0 Å². The van der Waals surface area contributed by atoms with E-state index in [1.54, 1.807) is 0 Å². The Balaban J connectivity index is 1.11. The monoisotopic (exact) mass is 1110 g/mol. The molecule has 432 valence electrons. The second kappa shape index (κ2) is 25.5. The van der Waals surface area contributed by atoms with Crippen molar-refractivity contribution in [1.82, 2.24) is 15.0 Å². The van der Waals surface area contributed by atoms with Gasteiger partial charge in [-0.15, -0.1) is 0 Å². The van der Waals surface area contributed by atoms with Crippen LogP contribution in [0.5, 0.6) is 0 Å². The van der Waals surface area contributed by atoms with E-state index in [-0.39, 0.29) is 21.7 Å². The third kappa shape index (κ3) is 13.1. The maximum absolute atomic E-state index is 5.34. The van der Waals surface area contributed by atoms with E-state index >= 15 is 0 Å². The molecule has 0 atom stereocenters. The standard InChI is InChI=1S/C74H94N7S/c1-15-19-47-71(7,8)55-27-39-61(40-28-55)80(62-41-29-56(30-42-62)72(9,10)48-20-16-2)59-35-23-53(24-36-59)65-67-68(76-79(75-67)51-52(5)6)66(70-69(65)77-82-78-70)54-25-37-60(38-26-54)81(63-43-31-57(32-44-63)73(11,12)49-21-17-3)64-45-33-58(34-46-64)74(13,14)50-22-18-4/h23-46,52,77H,15-22,47-51H2,1-14H3/q-1. The predicted octanol–water partition coefficient (Wildman–Crippen LogP) is 23.2. The average molecular weight is 1110 g/mol. The van der Waals surface area contributed by atoms with Gasteiger partial charge < -0.3 is 19.2 Å². The summed E-state index contributed by atoms with van der Waals surface area (Å²) in [6.45, 7) is 33.3. The molecule has 0 unspecified atom stereocenters. The van der Waals surface area contributed by atoms with Gasteiger partial charge in [-0.05, 0) is 165 Å². The summed E-state index contributed by atoms with van der Waals surface area (Å²) in [5.41, 5.74) is 20.3. The van der Waals surface area contributed by atoms with Gasteiger partial charge in [-0.1, -0.05) is 227 Å². The molecule has 82 heavy (non-hydrogen) atoms. The summed E-state index contributed by atoms with van der Waals surface area (Å²) in [6.07, 6.45) is 14.3. The van der Waals surface area contributed by atoms with Gasteiger partial charge >= 0.3 is 0 Å². The molecule has 0 spiro atoms. The normalized spacial score (nSPS) is 12.9. The van der Waals surface area contributed by atoms with Crippen LogP contribution >= 0.6 is 12.1 Å². The van der Waals surface area contributed by atoms with Gasteiger partial charge in [0.2, 0.25) is 0 Å². The summed E-state index contributed by atoms with van der Waals surface area (Å²) in [7, 11) is 0. The maximum atomic E-state index is 5.34. The summed E-state index contributed by atoms with van der Waals surface area (Å²) >= 11 is 1.38. The first-order valence-electron chi connectivity index (χ1n) is 31.1. The topological polar surface area (TPSA) is 63.3 Å². The van der Waals surface area contributed by atoms with Gasteiger partial charge in [0, 0.05) is 45.4 Å².